The van der Waals surface area contributed by atoms with Crippen molar-refractivity contribution in [3.8, 4) is 5.75 Å². The van der Waals surface area contributed by atoms with Gasteiger partial charge in [-0.3, -0.25) is 4.79 Å². The number of nitrogens with two attached hydrogens (primary N) is 1. The van der Waals surface area contributed by atoms with Gasteiger partial charge >= 0.3 is 6.61 Å². The van der Waals surface area contributed by atoms with Crippen molar-refractivity contribution < 1.29 is 23.6 Å². The van der Waals surface area contributed by atoms with Gasteiger partial charge in [0, 0.05) is 11.1 Å². The highest BCUT2D eigenvalue weighted by molar-refractivity contribution is 6.33. The van der Waals surface area contributed by atoms with Crippen molar-refractivity contribution in [1.29, 1.82) is 0 Å². The maximum atomic E-state index is 12.4. The van der Waals surface area contributed by atoms with E-state index in [1.807, 2.05) is 35.6 Å². The molecule has 3 aromatic rings. The van der Waals surface area contributed by atoms with E-state index in [4.69, 9.17) is 11.6 Å². The molecule has 0 radical (unpaired) electrons. The Hall–Kier alpha value is -2.96. The number of benzene rings is 3. The van der Waals surface area contributed by atoms with Crippen LogP contribution in [0.1, 0.15) is 17.2 Å². The molecule has 3 N–H and O–H groups in total. The van der Waals surface area contributed by atoms with Crippen LogP contribution in [0.2, 0.25) is 5.02 Å². The fourth-order valence-electron chi connectivity index (χ4n) is 2.97. The molecule has 3 aromatic carbocycles. The van der Waals surface area contributed by atoms with E-state index in [-0.39, 0.29) is 24.2 Å². The van der Waals surface area contributed by atoms with Crippen LogP contribution in [0.3, 0.4) is 0 Å². The van der Waals surface area contributed by atoms with Gasteiger partial charge in [0.25, 0.3) is 5.91 Å². The van der Waals surface area contributed by atoms with Gasteiger partial charge in [-0.25, -0.2) is 0 Å². The lowest BCUT2D eigenvalue weighted by molar-refractivity contribution is -0.676. The standard InChI is InChI=1S/C22H19ClF2N2O2/c23-18-8-4-5-9-19(18)27-20(28)14-26-21(15-6-2-1-3-7-15)16-10-12-17(13-11-16)29-22(24)25/h1-13,21-22,26H,14H2,(H,27,28)/p+1/t21-/m1/s1. The molecule has 3 rings (SSSR count). The Morgan fingerprint density at radius 1 is 0.931 bits per heavy atom. The van der Waals surface area contributed by atoms with Gasteiger partial charge in [-0.1, -0.05) is 54.1 Å². The Balaban J connectivity index is 1.73. The zero-order valence-corrected chi connectivity index (χ0v) is 16.2. The van der Waals surface area contributed by atoms with Gasteiger partial charge in [0.15, 0.2) is 6.54 Å². The molecular weight excluding hydrogens is 398 g/mol. The summed E-state index contributed by atoms with van der Waals surface area (Å²) in [5.74, 6) is -0.108. The molecule has 0 aliphatic carbocycles. The third kappa shape index (κ3) is 6.01. The van der Waals surface area contributed by atoms with E-state index >= 15 is 0 Å². The second kappa shape index (κ2) is 10.0. The third-order valence-electron chi connectivity index (χ3n) is 4.31. The molecule has 29 heavy (non-hydrogen) atoms. The molecule has 0 unspecified atom stereocenters. The van der Waals surface area contributed by atoms with Crippen LogP contribution < -0.4 is 15.4 Å². The zero-order chi connectivity index (χ0) is 20.6. The third-order valence-corrected chi connectivity index (χ3v) is 4.64. The predicted molar refractivity (Wildman–Crippen MR) is 108 cm³/mol. The molecule has 0 saturated carbocycles. The molecule has 1 atom stereocenters. The fourth-order valence-corrected chi connectivity index (χ4v) is 3.15. The summed E-state index contributed by atoms with van der Waals surface area (Å²) in [6.07, 6.45) is 0. The van der Waals surface area contributed by atoms with Crippen LogP contribution in [0.5, 0.6) is 5.75 Å². The molecule has 0 aromatic heterocycles. The molecule has 0 spiro atoms. The van der Waals surface area contributed by atoms with Gasteiger partial charge in [-0.2, -0.15) is 8.78 Å². The minimum absolute atomic E-state index is 0.0898. The zero-order valence-electron chi connectivity index (χ0n) is 15.4. The maximum absolute atomic E-state index is 12.4. The minimum Gasteiger partial charge on any atom is -0.435 e. The van der Waals surface area contributed by atoms with Gasteiger partial charge in [0.05, 0.1) is 10.7 Å². The normalized spacial score (nSPS) is 11.9. The molecule has 0 heterocycles. The van der Waals surface area contributed by atoms with Gasteiger partial charge in [-0.05, 0) is 36.4 Å². The van der Waals surface area contributed by atoms with Crippen molar-refractivity contribution in [3.05, 3.63) is 95.0 Å². The van der Waals surface area contributed by atoms with Crippen LogP contribution >= 0.6 is 11.6 Å². The quantitative estimate of drug-likeness (QED) is 0.576. The first kappa shape index (κ1) is 20.8. The number of carbonyl (C=O) groups is 1. The van der Waals surface area contributed by atoms with E-state index in [0.717, 1.165) is 11.1 Å². The van der Waals surface area contributed by atoms with E-state index in [0.29, 0.717) is 10.7 Å². The minimum atomic E-state index is -2.87. The smallest absolute Gasteiger partial charge is 0.387 e. The van der Waals surface area contributed by atoms with Crippen LogP contribution in [0.4, 0.5) is 14.5 Å². The van der Waals surface area contributed by atoms with Crippen molar-refractivity contribution >= 4 is 23.2 Å². The first-order valence-corrected chi connectivity index (χ1v) is 9.38. The van der Waals surface area contributed by atoms with Crippen molar-refractivity contribution in [1.82, 2.24) is 0 Å². The van der Waals surface area contributed by atoms with Crippen LogP contribution in [0.15, 0.2) is 78.9 Å². The molecule has 0 aliphatic heterocycles. The summed E-state index contributed by atoms with van der Waals surface area (Å²) in [5, 5.41) is 5.14. The Labute approximate surface area is 172 Å². The number of hydrogen-bond acceptors (Lipinski definition) is 2. The van der Waals surface area contributed by atoms with Crippen LogP contribution in [0.25, 0.3) is 0 Å². The summed E-state index contributed by atoms with van der Waals surface area (Å²) in [7, 11) is 0. The van der Waals surface area contributed by atoms with Gasteiger partial charge in [-0.15, -0.1) is 0 Å². The van der Waals surface area contributed by atoms with Crippen molar-refractivity contribution in [2.75, 3.05) is 11.9 Å². The van der Waals surface area contributed by atoms with Crippen LogP contribution in [-0.2, 0) is 4.79 Å². The molecule has 150 valence electrons. The number of anilines is 1. The average molecular weight is 418 g/mol. The number of halogens is 3. The van der Waals surface area contributed by atoms with E-state index in [1.165, 1.54) is 12.1 Å². The molecule has 0 fully saturated rings. The number of ether oxygens (including phenoxy) is 1. The van der Waals surface area contributed by atoms with E-state index in [9.17, 15) is 13.6 Å². The Bertz CT molecular complexity index is 937. The molecule has 1 amide bonds. The monoisotopic (exact) mass is 417 g/mol. The predicted octanol–water partition coefficient (Wildman–Crippen LogP) is 4.23. The number of carbonyl (C=O) groups excluding carboxylic acids is 1. The summed E-state index contributed by atoms with van der Waals surface area (Å²) < 4.78 is 29.2. The van der Waals surface area contributed by atoms with Crippen LogP contribution in [0, 0.1) is 0 Å². The average Bonchev–Trinajstić information content (AvgIpc) is 2.71. The maximum Gasteiger partial charge on any atom is 0.387 e. The summed E-state index contributed by atoms with van der Waals surface area (Å²) in [5.41, 5.74) is 2.40. The van der Waals surface area contributed by atoms with Crippen molar-refractivity contribution in [3.63, 3.8) is 0 Å². The molecule has 0 bridgehead atoms. The van der Waals surface area contributed by atoms with Crippen LogP contribution in [-0.4, -0.2) is 19.1 Å². The van der Waals surface area contributed by atoms with Crippen molar-refractivity contribution in [2.24, 2.45) is 0 Å². The van der Waals surface area contributed by atoms with Gasteiger partial charge < -0.3 is 15.4 Å². The highest BCUT2D eigenvalue weighted by atomic mass is 35.5. The number of rotatable bonds is 8. The fraction of sp³-hybridized carbons (Fsp3) is 0.136. The summed E-state index contributed by atoms with van der Waals surface area (Å²) in [4.78, 5) is 12.4. The Kier molecular flexibility index (Phi) is 7.16. The second-order valence-corrected chi connectivity index (χ2v) is 6.71. The summed E-state index contributed by atoms with van der Waals surface area (Å²) >= 11 is 6.08. The van der Waals surface area contributed by atoms with Gasteiger partial charge in [0.1, 0.15) is 11.8 Å². The summed E-state index contributed by atoms with van der Waals surface area (Å²) in [6, 6.07) is 22.9. The topological polar surface area (TPSA) is 54.9 Å². The Morgan fingerprint density at radius 2 is 1.55 bits per heavy atom. The Morgan fingerprint density at radius 3 is 2.21 bits per heavy atom. The number of para-hydroxylation sites is 1. The lowest BCUT2D eigenvalue weighted by atomic mass is 9.98. The molecule has 0 saturated heterocycles. The lowest BCUT2D eigenvalue weighted by Crippen LogP contribution is -2.87. The van der Waals surface area contributed by atoms with E-state index in [2.05, 4.69) is 10.1 Å². The molecule has 4 nitrogen and oxygen atoms in total. The second-order valence-electron chi connectivity index (χ2n) is 6.30. The first-order valence-electron chi connectivity index (χ1n) is 9.00. The summed E-state index contributed by atoms with van der Waals surface area (Å²) in [6.45, 7) is -2.72. The lowest BCUT2D eigenvalue weighted by Gasteiger charge is -2.17. The van der Waals surface area contributed by atoms with Gasteiger partial charge in [0.2, 0.25) is 0 Å². The van der Waals surface area contributed by atoms with Crippen molar-refractivity contribution in [2.45, 2.75) is 12.7 Å². The number of nitrogens with one attached hydrogen (secondary N) is 1. The molecule has 7 heteroatoms. The SMILES string of the molecule is O=C(C[NH2+][C@H](c1ccccc1)c1ccc(OC(F)F)cc1)Nc1ccccc1Cl. The number of hydrogen-bond donors (Lipinski definition) is 2. The number of alkyl halides is 2. The highest BCUT2D eigenvalue weighted by Crippen LogP contribution is 2.22. The van der Waals surface area contributed by atoms with E-state index in [1.54, 1.807) is 36.4 Å². The molecule has 0 aliphatic rings. The number of quaternary nitrogens is 1. The largest absolute Gasteiger partial charge is 0.435 e. The number of amides is 1. The first-order chi connectivity index (χ1) is 14.0. The van der Waals surface area contributed by atoms with E-state index < -0.39 is 6.61 Å². The highest BCUT2D eigenvalue weighted by Gasteiger charge is 2.19. The molecular formula is C22H20ClF2N2O2+.